The molecule has 6 heteroatoms. The van der Waals surface area contributed by atoms with E-state index in [9.17, 15) is 4.79 Å². The monoisotopic (exact) mass is 312 g/mol. The summed E-state index contributed by atoms with van der Waals surface area (Å²) in [4.78, 5) is 21.7. The number of carboxylic acids is 1. The lowest BCUT2D eigenvalue weighted by Gasteiger charge is -2.17. The maximum atomic E-state index is 11.0. The zero-order valence-corrected chi connectivity index (χ0v) is 13.1. The number of hydrogen-bond acceptors (Lipinski definition) is 5. The normalized spacial score (nSPS) is 18.0. The van der Waals surface area contributed by atoms with E-state index in [1.807, 2.05) is 6.07 Å². The van der Waals surface area contributed by atoms with Gasteiger partial charge in [0, 0.05) is 31.9 Å². The van der Waals surface area contributed by atoms with Crippen molar-refractivity contribution in [2.75, 3.05) is 18.4 Å². The van der Waals surface area contributed by atoms with Crippen molar-refractivity contribution < 1.29 is 9.90 Å². The van der Waals surface area contributed by atoms with Gasteiger partial charge in [-0.25, -0.2) is 14.8 Å². The Morgan fingerprint density at radius 2 is 2.17 bits per heavy atom. The van der Waals surface area contributed by atoms with Crippen molar-refractivity contribution >= 4 is 11.9 Å². The van der Waals surface area contributed by atoms with Crippen LogP contribution in [0.1, 0.15) is 28.0 Å². The zero-order valence-electron chi connectivity index (χ0n) is 13.1. The molecule has 1 aromatic carbocycles. The van der Waals surface area contributed by atoms with Crippen molar-refractivity contribution in [2.24, 2.45) is 0 Å². The summed E-state index contributed by atoms with van der Waals surface area (Å²) >= 11 is 0. The van der Waals surface area contributed by atoms with Gasteiger partial charge in [-0.2, -0.15) is 0 Å². The van der Waals surface area contributed by atoms with Crippen LogP contribution in [0, 0.1) is 6.92 Å². The third-order valence-electron chi connectivity index (χ3n) is 4.06. The van der Waals surface area contributed by atoms with E-state index >= 15 is 0 Å². The minimum atomic E-state index is -0.996. The molecule has 3 rings (SSSR count). The largest absolute Gasteiger partial charge is 0.478 e. The first-order valence-electron chi connectivity index (χ1n) is 7.71. The standard InChI is InChI=1S/C17H20N4O2/c1-12-15(16(22)23)9-18-17(19-12)20-14-7-8-21(11-14)10-13-5-3-2-4-6-13/h2-6,9,14H,7-8,10-11H2,1H3,(H,22,23)(H,18,19,20). The molecule has 0 spiro atoms. The lowest BCUT2D eigenvalue weighted by atomic mass is 10.2. The molecule has 0 amide bonds. The molecular weight excluding hydrogens is 292 g/mol. The van der Waals surface area contributed by atoms with Crippen molar-refractivity contribution in [1.82, 2.24) is 14.9 Å². The molecule has 2 aromatic rings. The number of carbonyl (C=O) groups is 1. The average Bonchev–Trinajstić information content (AvgIpc) is 2.95. The van der Waals surface area contributed by atoms with E-state index in [1.165, 1.54) is 11.8 Å². The first-order valence-corrected chi connectivity index (χ1v) is 7.71. The number of benzene rings is 1. The van der Waals surface area contributed by atoms with Crippen LogP contribution in [0.4, 0.5) is 5.95 Å². The molecule has 1 atom stereocenters. The molecule has 0 radical (unpaired) electrons. The predicted octanol–water partition coefficient (Wildman–Crippen LogP) is 2.17. The molecule has 1 saturated heterocycles. The van der Waals surface area contributed by atoms with Crippen LogP contribution in [-0.2, 0) is 6.54 Å². The highest BCUT2D eigenvalue weighted by atomic mass is 16.4. The van der Waals surface area contributed by atoms with Crippen LogP contribution in [0.5, 0.6) is 0 Å². The molecule has 6 nitrogen and oxygen atoms in total. The fraction of sp³-hybridized carbons (Fsp3) is 0.353. The van der Waals surface area contributed by atoms with Gasteiger partial charge < -0.3 is 10.4 Å². The Kier molecular flexibility index (Phi) is 4.52. The molecule has 0 saturated carbocycles. The summed E-state index contributed by atoms with van der Waals surface area (Å²) in [6, 6.07) is 10.7. The highest BCUT2D eigenvalue weighted by Gasteiger charge is 2.23. The third kappa shape index (κ3) is 3.84. The fourth-order valence-electron chi connectivity index (χ4n) is 2.86. The molecule has 2 heterocycles. The number of carboxylic acid groups (broad SMARTS) is 1. The molecule has 1 aromatic heterocycles. The first kappa shape index (κ1) is 15.4. The molecule has 120 valence electrons. The fourth-order valence-corrected chi connectivity index (χ4v) is 2.86. The summed E-state index contributed by atoms with van der Waals surface area (Å²) in [5.74, 6) is -0.497. The van der Waals surface area contributed by atoms with Gasteiger partial charge in [-0.05, 0) is 18.9 Å². The Bertz CT molecular complexity index is 690. The number of aromatic nitrogens is 2. The van der Waals surface area contributed by atoms with E-state index in [1.54, 1.807) is 6.92 Å². The van der Waals surface area contributed by atoms with Gasteiger partial charge in [0.15, 0.2) is 0 Å². The van der Waals surface area contributed by atoms with Gasteiger partial charge in [-0.1, -0.05) is 30.3 Å². The molecule has 23 heavy (non-hydrogen) atoms. The summed E-state index contributed by atoms with van der Waals surface area (Å²) < 4.78 is 0. The van der Waals surface area contributed by atoms with Crippen LogP contribution >= 0.6 is 0 Å². The number of anilines is 1. The topological polar surface area (TPSA) is 78.4 Å². The maximum absolute atomic E-state index is 11.0. The van der Waals surface area contributed by atoms with Gasteiger partial charge in [-0.3, -0.25) is 4.90 Å². The summed E-state index contributed by atoms with van der Waals surface area (Å²) in [6.07, 6.45) is 2.39. The van der Waals surface area contributed by atoms with Crippen LogP contribution in [0.15, 0.2) is 36.5 Å². The van der Waals surface area contributed by atoms with E-state index in [4.69, 9.17) is 5.11 Å². The minimum Gasteiger partial charge on any atom is -0.478 e. The van der Waals surface area contributed by atoms with Crippen LogP contribution in [0.25, 0.3) is 0 Å². The lowest BCUT2D eigenvalue weighted by Crippen LogP contribution is -2.26. The number of hydrogen-bond donors (Lipinski definition) is 2. The summed E-state index contributed by atoms with van der Waals surface area (Å²) in [5.41, 5.74) is 1.94. The minimum absolute atomic E-state index is 0.146. The Labute approximate surface area is 135 Å². The summed E-state index contributed by atoms with van der Waals surface area (Å²) in [7, 11) is 0. The van der Waals surface area contributed by atoms with E-state index in [0.717, 1.165) is 26.1 Å². The number of aromatic carboxylic acids is 1. The number of nitrogens with zero attached hydrogens (tertiary/aromatic N) is 3. The SMILES string of the molecule is Cc1nc(NC2CCN(Cc3ccccc3)C2)ncc1C(=O)O. The Balaban J connectivity index is 1.58. The molecule has 1 aliphatic rings. The second-order valence-corrected chi connectivity index (χ2v) is 5.85. The quantitative estimate of drug-likeness (QED) is 0.881. The predicted molar refractivity (Wildman–Crippen MR) is 87.5 cm³/mol. The van der Waals surface area contributed by atoms with Gasteiger partial charge >= 0.3 is 5.97 Å². The number of nitrogens with one attached hydrogen (secondary N) is 1. The van der Waals surface area contributed by atoms with Gasteiger partial charge in [0.05, 0.1) is 11.3 Å². The van der Waals surface area contributed by atoms with Crippen LogP contribution in [-0.4, -0.2) is 45.1 Å². The Hall–Kier alpha value is -2.47. The average molecular weight is 312 g/mol. The van der Waals surface area contributed by atoms with E-state index in [0.29, 0.717) is 11.6 Å². The molecule has 2 N–H and O–H groups in total. The molecule has 0 bridgehead atoms. The second kappa shape index (κ2) is 6.75. The van der Waals surface area contributed by atoms with Crippen LogP contribution in [0.3, 0.4) is 0 Å². The Morgan fingerprint density at radius 3 is 2.87 bits per heavy atom. The van der Waals surface area contributed by atoms with Gasteiger partial charge in [0.1, 0.15) is 0 Å². The molecule has 1 fully saturated rings. The van der Waals surface area contributed by atoms with Gasteiger partial charge in [0.25, 0.3) is 0 Å². The lowest BCUT2D eigenvalue weighted by molar-refractivity contribution is 0.0695. The van der Waals surface area contributed by atoms with Crippen molar-refractivity contribution in [3.05, 3.63) is 53.3 Å². The van der Waals surface area contributed by atoms with Crippen LogP contribution in [0.2, 0.25) is 0 Å². The Morgan fingerprint density at radius 1 is 1.39 bits per heavy atom. The zero-order chi connectivity index (χ0) is 16.2. The highest BCUT2D eigenvalue weighted by Crippen LogP contribution is 2.17. The van der Waals surface area contributed by atoms with E-state index in [-0.39, 0.29) is 11.6 Å². The number of aryl methyl sites for hydroxylation is 1. The smallest absolute Gasteiger partial charge is 0.339 e. The third-order valence-corrected chi connectivity index (χ3v) is 4.06. The van der Waals surface area contributed by atoms with Crippen molar-refractivity contribution in [3.63, 3.8) is 0 Å². The van der Waals surface area contributed by atoms with Gasteiger partial charge in [0.2, 0.25) is 5.95 Å². The molecule has 0 aliphatic carbocycles. The molecule has 1 aliphatic heterocycles. The summed E-state index contributed by atoms with van der Waals surface area (Å²) in [6.45, 7) is 4.58. The number of likely N-dealkylation sites (tertiary alicyclic amines) is 1. The highest BCUT2D eigenvalue weighted by molar-refractivity contribution is 5.88. The van der Waals surface area contributed by atoms with Crippen molar-refractivity contribution in [3.8, 4) is 0 Å². The van der Waals surface area contributed by atoms with Crippen molar-refractivity contribution in [1.29, 1.82) is 0 Å². The first-order chi connectivity index (χ1) is 11.1. The maximum Gasteiger partial charge on any atom is 0.339 e. The van der Waals surface area contributed by atoms with Gasteiger partial charge in [-0.15, -0.1) is 0 Å². The second-order valence-electron chi connectivity index (χ2n) is 5.85. The van der Waals surface area contributed by atoms with E-state index < -0.39 is 5.97 Å². The van der Waals surface area contributed by atoms with Crippen LogP contribution < -0.4 is 5.32 Å². The molecular formula is C17H20N4O2. The summed E-state index contributed by atoms with van der Waals surface area (Å²) in [5, 5.41) is 12.3. The van der Waals surface area contributed by atoms with E-state index in [2.05, 4.69) is 44.5 Å². The van der Waals surface area contributed by atoms with Crippen molar-refractivity contribution in [2.45, 2.75) is 25.9 Å². The number of rotatable bonds is 5. The molecule has 1 unspecified atom stereocenters.